The molecule has 0 saturated carbocycles. The zero-order chi connectivity index (χ0) is 23.4. The number of anilines is 1. The summed E-state index contributed by atoms with van der Waals surface area (Å²) in [6.07, 6.45) is 1.65. The third kappa shape index (κ3) is 5.26. The fourth-order valence-electron chi connectivity index (χ4n) is 3.45. The van der Waals surface area contributed by atoms with Crippen LogP contribution < -0.4 is 19.7 Å². The van der Waals surface area contributed by atoms with Gasteiger partial charge in [0.25, 0.3) is 5.91 Å². The second-order valence-electron chi connectivity index (χ2n) is 7.63. The minimum Gasteiger partial charge on any atom is -0.496 e. The average Bonchev–Trinajstić information content (AvgIpc) is 2.81. The molecule has 3 aromatic carbocycles. The molecule has 1 N–H and O–H groups in total. The van der Waals surface area contributed by atoms with Crippen LogP contribution in [0, 0.1) is 6.92 Å². The zero-order valence-corrected chi connectivity index (χ0v) is 19.9. The number of nitrogens with one attached hydrogen (secondary N) is 1. The minimum atomic E-state index is -0.383. The standard InChI is InChI=1S/C26H23BrN2O4/c1-17-7-9-18(10-8-17)15-28-25(30)16-29-21-5-3-4-6-23(21)33-24(26(29)31)14-19-11-12-22(32-2)20(27)13-19/h3-14H,15-16H2,1-2H3,(H,28,30)/b24-14-. The number of fused-ring (bicyclic) bond motifs is 1. The van der Waals surface area contributed by atoms with Crippen molar-refractivity contribution in [1.29, 1.82) is 0 Å². The number of aryl methyl sites for hydroxylation is 1. The maximum absolute atomic E-state index is 13.3. The molecule has 168 valence electrons. The summed E-state index contributed by atoms with van der Waals surface area (Å²) in [4.78, 5) is 27.4. The number of rotatable bonds is 6. The third-order valence-electron chi connectivity index (χ3n) is 5.22. The predicted octanol–water partition coefficient (Wildman–Crippen LogP) is 4.85. The molecule has 0 atom stereocenters. The lowest BCUT2D eigenvalue weighted by Crippen LogP contribution is -2.44. The van der Waals surface area contributed by atoms with Crippen molar-refractivity contribution in [2.75, 3.05) is 18.6 Å². The van der Waals surface area contributed by atoms with Gasteiger partial charge >= 0.3 is 0 Å². The summed E-state index contributed by atoms with van der Waals surface area (Å²) in [7, 11) is 1.59. The number of benzene rings is 3. The Labute approximate surface area is 200 Å². The molecule has 0 saturated heterocycles. The van der Waals surface area contributed by atoms with Crippen LogP contribution in [0.5, 0.6) is 11.5 Å². The molecule has 0 unspecified atom stereocenters. The van der Waals surface area contributed by atoms with Crippen LogP contribution >= 0.6 is 15.9 Å². The summed E-state index contributed by atoms with van der Waals surface area (Å²) in [5.74, 6) is 0.697. The van der Waals surface area contributed by atoms with Crippen molar-refractivity contribution < 1.29 is 19.1 Å². The molecule has 1 aliphatic rings. The van der Waals surface area contributed by atoms with Gasteiger partial charge in [0, 0.05) is 6.54 Å². The number of methoxy groups -OCH3 is 1. The van der Waals surface area contributed by atoms with E-state index in [4.69, 9.17) is 9.47 Å². The predicted molar refractivity (Wildman–Crippen MR) is 131 cm³/mol. The first-order valence-corrected chi connectivity index (χ1v) is 11.2. The maximum Gasteiger partial charge on any atom is 0.294 e. The van der Waals surface area contributed by atoms with Gasteiger partial charge in [0.05, 0.1) is 17.3 Å². The Hall–Kier alpha value is -3.58. The normalized spacial score (nSPS) is 14.0. The van der Waals surface area contributed by atoms with Crippen molar-refractivity contribution in [2.45, 2.75) is 13.5 Å². The van der Waals surface area contributed by atoms with Crippen molar-refractivity contribution in [1.82, 2.24) is 5.32 Å². The second kappa shape index (κ2) is 9.92. The largest absolute Gasteiger partial charge is 0.496 e. The van der Waals surface area contributed by atoms with Gasteiger partial charge in [-0.05, 0) is 64.3 Å². The number of carbonyl (C=O) groups is 2. The minimum absolute atomic E-state index is 0.116. The molecule has 2 amide bonds. The summed E-state index contributed by atoms with van der Waals surface area (Å²) in [5.41, 5.74) is 3.47. The highest BCUT2D eigenvalue weighted by atomic mass is 79.9. The Morgan fingerprint density at radius 2 is 1.88 bits per heavy atom. The number of ether oxygens (including phenoxy) is 2. The monoisotopic (exact) mass is 506 g/mol. The van der Waals surface area contributed by atoms with E-state index < -0.39 is 0 Å². The van der Waals surface area contributed by atoms with Crippen molar-refractivity contribution in [3.8, 4) is 11.5 Å². The molecule has 0 radical (unpaired) electrons. The van der Waals surface area contributed by atoms with E-state index in [1.807, 2.05) is 55.5 Å². The molecule has 33 heavy (non-hydrogen) atoms. The molecule has 4 rings (SSSR count). The van der Waals surface area contributed by atoms with Crippen LogP contribution in [0.2, 0.25) is 0 Å². The first kappa shape index (κ1) is 22.6. The Morgan fingerprint density at radius 1 is 1.12 bits per heavy atom. The summed E-state index contributed by atoms with van der Waals surface area (Å²) < 4.78 is 11.9. The van der Waals surface area contributed by atoms with E-state index in [9.17, 15) is 9.59 Å². The molecule has 0 spiro atoms. The topological polar surface area (TPSA) is 67.9 Å². The number of hydrogen-bond donors (Lipinski definition) is 1. The number of carbonyl (C=O) groups excluding carboxylic acids is 2. The fourth-order valence-corrected chi connectivity index (χ4v) is 4.01. The van der Waals surface area contributed by atoms with Gasteiger partial charge in [-0.3, -0.25) is 14.5 Å². The Morgan fingerprint density at radius 3 is 2.61 bits per heavy atom. The molecule has 1 heterocycles. The molecule has 0 fully saturated rings. The van der Waals surface area contributed by atoms with Gasteiger partial charge in [-0.2, -0.15) is 0 Å². The van der Waals surface area contributed by atoms with Crippen molar-refractivity contribution in [2.24, 2.45) is 0 Å². The summed E-state index contributed by atoms with van der Waals surface area (Å²) in [6.45, 7) is 2.29. The lowest BCUT2D eigenvalue weighted by Gasteiger charge is -2.30. The van der Waals surface area contributed by atoms with Crippen LogP contribution in [0.25, 0.3) is 6.08 Å². The van der Waals surface area contributed by atoms with Gasteiger partial charge in [-0.15, -0.1) is 0 Å². The highest BCUT2D eigenvalue weighted by Gasteiger charge is 2.31. The van der Waals surface area contributed by atoms with Crippen molar-refractivity contribution >= 4 is 39.5 Å². The molecule has 1 aliphatic heterocycles. The third-order valence-corrected chi connectivity index (χ3v) is 5.84. The summed E-state index contributed by atoms with van der Waals surface area (Å²) >= 11 is 3.45. The molecule has 7 heteroatoms. The summed E-state index contributed by atoms with van der Waals surface area (Å²) in [6, 6.07) is 20.6. The van der Waals surface area contributed by atoms with E-state index in [-0.39, 0.29) is 24.1 Å². The Kier molecular flexibility index (Phi) is 6.79. The van der Waals surface area contributed by atoms with Gasteiger partial charge in [-0.25, -0.2) is 0 Å². The van der Waals surface area contributed by atoms with Crippen LogP contribution in [-0.4, -0.2) is 25.5 Å². The number of amides is 2. The fraction of sp³-hybridized carbons (Fsp3) is 0.154. The van der Waals surface area contributed by atoms with Gasteiger partial charge in [-0.1, -0.05) is 48.0 Å². The average molecular weight is 507 g/mol. The van der Waals surface area contributed by atoms with E-state index in [1.54, 1.807) is 31.4 Å². The first-order valence-electron chi connectivity index (χ1n) is 10.4. The highest BCUT2D eigenvalue weighted by molar-refractivity contribution is 9.10. The number of para-hydroxylation sites is 2. The molecule has 6 nitrogen and oxygen atoms in total. The van der Waals surface area contributed by atoms with E-state index in [2.05, 4.69) is 21.2 Å². The molecule has 3 aromatic rings. The zero-order valence-electron chi connectivity index (χ0n) is 18.3. The van der Waals surface area contributed by atoms with E-state index in [0.29, 0.717) is 23.7 Å². The number of nitrogens with zero attached hydrogens (tertiary/aromatic N) is 1. The van der Waals surface area contributed by atoms with Crippen LogP contribution in [0.3, 0.4) is 0 Å². The quantitative estimate of drug-likeness (QED) is 0.485. The maximum atomic E-state index is 13.3. The molecular formula is C26H23BrN2O4. The van der Waals surface area contributed by atoms with Crippen LogP contribution in [-0.2, 0) is 16.1 Å². The van der Waals surface area contributed by atoms with E-state index in [0.717, 1.165) is 21.2 Å². The lowest BCUT2D eigenvalue weighted by atomic mass is 10.1. The van der Waals surface area contributed by atoms with Gasteiger partial charge < -0.3 is 14.8 Å². The Bertz CT molecular complexity index is 1220. The smallest absolute Gasteiger partial charge is 0.294 e. The molecule has 0 aromatic heterocycles. The second-order valence-corrected chi connectivity index (χ2v) is 8.48. The van der Waals surface area contributed by atoms with E-state index >= 15 is 0 Å². The number of halogens is 1. The van der Waals surface area contributed by atoms with Gasteiger partial charge in [0.15, 0.2) is 11.5 Å². The van der Waals surface area contributed by atoms with Crippen molar-refractivity contribution in [3.63, 3.8) is 0 Å². The Balaban J connectivity index is 1.55. The number of hydrogen-bond acceptors (Lipinski definition) is 4. The first-order chi connectivity index (χ1) is 15.9. The van der Waals surface area contributed by atoms with Crippen LogP contribution in [0.1, 0.15) is 16.7 Å². The van der Waals surface area contributed by atoms with Crippen molar-refractivity contribution in [3.05, 3.63) is 93.7 Å². The molecular weight excluding hydrogens is 484 g/mol. The summed E-state index contributed by atoms with van der Waals surface area (Å²) in [5, 5.41) is 2.89. The van der Waals surface area contributed by atoms with Crippen LogP contribution in [0.15, 0.2) is 77.0 Å². The van der Waals surface area contributed by atoms with Gasteiger partial charge in [0.2, 0.25) is 5.91 Å². The SMILES string of the molecule is COc1ccc(/C=C2\Oc3ccccc3N(CC(=O)NCc3ccc(C)cc3)C2=O)cc1Br. The van der Waals surface area contributed by atoms with Crippen LogP contribution in [0.4, 0.5) is 5.69 Å². The van der Waals surface area contributed by atoms with Gasteiger partial charge in [0.1, 0.15) is 12.3 Å². The lowest BCUT2D eigenvalue weighted by molar-refractivity contribution is -0.123. The molecule has 0 aliphatic carbocycles. The highest BCUT2D eigenvalue weighted by Crippen LogP contribution is 2.36. The van der Waals surface area contributed by atoms with E-state index in [1.165, 1.54) is 4.90 Å². The molecule has 0 bridgehead atoms.